The van der Waals surface area contributed by atoms with Crippen LogP contribution in [-0.2, 0) is 16.4 Å². The topological polar surface area (TPSA) is 103 Å². The van der Waals surface area contributed by atoms with Crippen LogP contribution >= 0.6 is 11.3 Å². The summed E-state index contributed by atoms with van der Waals surface area (Å²) < 4.78 is 26.6. The molecule has 0 bridgehead atoms. The second-order valence-electron chi connectivity index (χ2n) is 5.89. The molecule has 1 aromatic carbocycles. The zero-order valence-corrected chi connectivity index (χ0v) is 15.7. The highest BCUT2D eigenvalue weighted by Gasteiger charge is 2.28. The van der Waals surface area contributed by atoms with Gasteiger partial charge in [0.2, 0.25) is 10.0 Å². The van der Waals surface area contributed by atoms with Crippen molar-refractivity contribution in [3.05, 3.63) is 47.0 Å². The summed E-state index contributed by atoms with van der Waals surface area (Å²) in [6.07, 6.45) is 1.89. The summed E-state index contributed by atoms with van der Waals surface area (Å²) in [5.74, 6) is -0.509. The Morgan fingerprint density at radius 3 is 2.54 bits per heavy atom. The summed E-state index contributed by atoms with van der Waals surface area (Å²) in [6.45, 7) is 1.80. The number of hydrogen-bond donors (Lipinski definition) is 2. The van der Waals surface area contributed by atoms with E-state index in [-0.39, 0.29) is 5.75 Å². The van der Waals surface area contributed by atoms with Crippen LogP contribution in [0.15, 0.2) is 36.5 Å². The lowest BCUT2D eigenvalue weighted by atomic mass is 10.2. The highest BCUT2D eigenvalue weighted by atomic mass is 32.2. The van der Waals surface area contributed by atoms with Gasteiger partial charge in [-0.3, -0.25) is 10.0 Å². The molecule has 10 heteroatoms. The number of hydrogen-bond acceptors (Lipinski definition) is 7. The maximum absolute atomic E-state index is 12.5. The van der Waals surface area contributed by atoms with E-state index in [1.54, 1.807) is 5.48 Å². The van der Waals surface area contributed by atoms with E-state index in [1.165, 1.54) is 10.5 Å². The van der Waals surface area contributed by atoms with Gasteiger partial charge in [0, 0.05) is 26.2 Å². The van der Waals surface area contributed by atoms with Crippen molar-refractivity contribution < 1.29 is 18.4 Å². The van der Waals surface area contributed by atoms with E-state index in [0.717, 1.165) is 16.9 Å². The molecule has 2 heterocycles. The van der Waals surface area contributed by atoms with Crippen molar-refractivity contribution in [2.45, 2.75) is 6.42 Å². The van der Waals surface area contributed by atoms with Crippen LogP contribution in [0.1, 0.15) is 15.2 Å². The Bertz CT molecular complexity index is 846. The minimum Gasteiger partial charge on any atom is -0.345 e. The SMILES string of the molecule is O=C(NO)c1cnc(N2CCN(S(=O)(=O)CCc3ccccc3)CC2)s1. The molecule has 140 valence electrons. The molecule has 0 atom stereocenters. The van der Waals surface area contributed by atoms with Crippen LogP contribution in [-0.4, -0.2) is 60.8 Å². The molecule has 3 rings (SSSR count). The molecule has 0 aliphatic carbocycles. The highest BCUT2D eigenvalue weighted by Crippen LogP contribution is 2.24. The average Bonchev–Trinajstić information content (AvgIpc) is 3.17. The number of amides is 1. The number of benzene rings is 1. The largest absolute Gasteiger partial charge is 0.345 e. The van der Waals surface area contributed by atoms with Gasteiger partial charge in [0.25, 0.3) is 5.91 Å². The Hall–Kier alpha value is -2.01. The van der Waals surface area contributed by atoms with Crippen molar-refractivity contribution in [3.8, 4) is 0 Å². The molecular formula is C16H20N4O4S2. The van der Waals surface area contributed by atoms with Gasteiger partial charge in [-0.05, 0) is 12.0 Å². The second kappa shape index (κ2) is 8.12. The van der Waals surface area contributed by atoms with Crippen LogP contribution in [0.3, 0.4) is 0 Å². The number of carbonyl (C=O) groups excluding carboxylic acids is 1. The van der Waals surface area contributed by atoms with E-state index in [2.05, 4.69) is 4.98 Å². The van der Waals surface area contributed by atoms with Gasteiger partial charge in [0.1, 0.15) is 4.88 Å². The van der Waals surface area contributed by atoms with E-state index in [1.807, 2.05) is 35.2 Å². The first kappa shape index (κ1) is 18.8. The number of aryl methyl sites for hydroxylation is 1. The number of rotatable bonds is 6. The van der Waals surface area contributed by atoms with Gasteiger partial charge < -0.3 is 4.90 Å². The van der Waals surface area contributed by atoms with Gasteiger partial charge in [-0.2, -0.15) is 4.31 Å². The Morgan fingerprint density at radius 1 is 1.19 bits per heavy atom. The maximum atomic E-state index is 12.5. The Kier molecular flexibility index (Phi) is 5.87. The molecule has 1 aliphatic heterocycles. The van der Waals surface area contributed by atoms with Crippen LogP contribution in [0.2, 0.25) is 0 Å². The van der Waals surface area contributed by atoms with Crippen LogP contribution < -0.4 is 10.4 Å². The third-order valence-electron chi connectivity index (χ3n) is 4.21. The molecule has 0 spiro atoms. The van der Waals surface area contributed by atoms with Crippen LogP contribution in [0.25, 0.3) is 0 Å². The van der Waals surface area contributed by atoms with E-state index in [4.69, 9.17) is 5.21 Å². The number of anilines is 1. The quantitative estimate of drug-likeness (QED) is 0.557. The molecule has 8 nitrogen and oxygen atoms in total. The second-order valence-corrected chi connectivity index (χ2v) is 8.98. The standard InChI is InChI=1S/C16H20N4O4S2/c21-15(18-22)14-12-17-16(25-14)19-7-9-20(10-8-19)26(23,24)11-6-13-4-2-1-3-5-13/h1-5,12,22H,6-11H2,(H,18,21). The number of nitrogens with zero attached hydrogens (tertiary/aromatic N) is 3. The van der Waals surface area contributed by atoms with Gasteiger partial charge in [-0.25, -0.2) is 18.9 Å². The van der Waals surface area contributed by atoms with Crippen molar-refractivity contribution in [1.29, 1.82) is 0 Å². The van der Waals surface area contributed by atoms with E-state index < -0.39 is 15.9 Å². The normalized spacial score (nSPS) is 15.8. The lowest BCUT2D eigenvalue weighted by Crippen LogP contribution is -2.49. The number of piperazine rings is 1. The van der Waals surface area contributed by atoms with E-state index in [9.17, 15) is 13.2 Å². The van der Waals surface area contributed by atoms with Gasteiger partial charge >= 0.3 is 0 Å². The van der Waals surface area contributed by atoms with E-state index >= 15 is 0 Å². The first-order valence-electron chi connectivity index (χ1n) is 8.16. The lowest BCUT2D eigenvalue weighted by Gasteiger charge is -2.33. The maximum Gasteiger partial charge on any atom is 0.286 e. The third-order valence-corrected chi connectivity index (χ3v) is 7.14. The van der Waals surface area contributed by atoms with Crippen LogP contribution in [0.4, 0.5) is 5.13 Å². The van der Waals surface area contributed by atoms with Gasteiger partial charge in [-0.1, -0.05) is 41.7 Å². The fourth-order valence-corrected chi connectivity index (χ4v) is 5.08. The molecule has 26 heavy (non-hydrogen) atoms. The molecule has 1 aromatic heterocycles. The summed E-state index contributed by atoms with van der Waals surface area (Å²) in [6, 6.07) is 9.57. The summed E-state index contributed by atoms with van der Waals surface area (Å²) >= 11 is 1.16. The number of hydroxylamine groups is 1. The summed E-state index contributed by atoms with van der Waals surface area (Å²) in [7, 11) is -3.31. The summed E-state index contributed by atoms with van der Waals surface area (Å²) in [5, 5.41) is 9.30. The average molecular weight is 396 g/mol. The number of aromatic nitrogens is 1. The van der Waals surface area contributed by atoms with Crippen molar-refractivity contribution in [2.75, 3.05) is 36.8 Å². The predicted octanol–water partition coefficient (Wildman–Crippen LogP) is 0.957. The Labute approximate surface area is 156 Å². The van der Waals surface area contributed by atoms with Gasteiger partial charge in [0.05, 0.1) is 11.9 Å². The molecule has 1 amide bonds. The fraction of sp³-hybridized carbons (Fsp3) is 0.375. The molecule has 0 radical (unpaired) electrons. The number of sulfonamides is 1. The molecule has 2 N–H and O–H groups in total. The third kappa shape index (κ3) is 4.39. The summed E-state index contributed by atoms with van der Waals surface area (Å²) in [4.78, 5) is 17.8. The van der Waals surface area contributed by atoms with Crippen molar-refractivity contribution in [2.24, 2.45) is 0 Å². The van der Waals surface area contributed by atoms with E-state index in [0.29, 0.717) is 42.6 Å². The minimum absolute atomic E-state index is 0.0923. The molecule has 1 saturated heterocycles. The molecular weight excluding hydrogens is 376 g/mol. The number of carbonyl (C=O) groups is 1. The molecule has 0 saturated carbocycles. The Balaban J connectivity index is 1.55. The first-order chi connectivity index (χ1) is 12.5. The van der Waals surface area contributed by atoms with Crippen molar-refractivity contribution >= 4 is 32.4 Å². The number of nitrogens with one attached hydrogen (secondary N) is 1. The first-order valence-corrected chi connectivity index (χ1v) is 10.6. The zero-order valence-electron chi connectivity index (χ0n) is 14.0. The van der Waals surface area contributed by atoms with Gasteiger partial charge in [-0.15, -0.1) is 0 Å². The van der Waals surface area contributed by atoms with Crippen LogP contribution in [0.5, 0.6) is 0 Å². The lowest BCUT2D eigenvalue weighted by molar-refractivity contribution is 0.0710. The smallest absolute Gasteiger partial charge is 0.286 e. The van der Waals surface area contributed by atoms with Crippen molar-refractivity contribution in [3.63, 3.8) is 0 Å². The van der Waals surface area contributed by atoms with Gasteiger partial charge in [0.15, 0.2) is 5.13 Å². The Morgan fingerprint density at radius 2 is 1.88 bits per heavy atom. The molecule has 2 aromatic rings. The molecule has 0 unspecified atom stereocenters. The molecule has 1 aliphatic rings. The summed E-state index contributed by atoms with van der Waals surface area (Å²) in [5.41, 5.74) is 2.58. The monoisotopic (exact) mass is 396 g/mol. The van der Waals surface area contributed by atoms with Crippen molar-refractivity contribution in [1.82, 2.24) is 14.8 Å². The highest BCUT2D eigenvalue weighted by molar-refractivity contribution is 7.89. The fourth-order valence-electron chi connectivity index (χ4n) is 2.75. The minimum atomic E-state index is -3.31. The van der Waals surface area contributed by atoms with Crippen LogP contribution in [0, 0.1) is 0 Å². The number of thiazole rings is 1. The molecule has 1 fully saturated rings. The predicted molar refractivity (Wildman–Crippen MR) is 99.1 cm³/mol. The zero-order chi connectivity index (χ0) is 18.6.